The Balaban J connectivity index is 2.53. The van der Waals surface area contributed by atoms with Crippen molar-refractivity contribution in [2.24, 2.45) is 0 Å². The number of hydrogen-bond donors (Lipinski definition) is 3. The van der Waals surface area contributed by atoms with Crippen molar-refractivity contribution in [1.82, 2.24) is 10.6 Å². The van der Waals surface area contributed by atoms with E-state index in [4.69, 9.17) is 0 Å². The first-order chi connectivity index (χ1) is 9.81. The molecule has 0 aliphatic heterocycles. The number of carbonyl (C=O) groups is 2. The summed E-state index contributed by atoms with van der Waals surface area (Å²) in [5.41, 5.74) is 1.18. The zero-order valence-electron chi connectivity index (χ0n) is 13.2. The summed E-state index contributed by atoms with van der Waals surface area (Å²) in [5, 5.41) is 8.80. The highest BCUT2D eigenvalue weighted by molar-refractivity contribution is 5.97. The number of amides is 2. The fourth-order valence-electron chi connectivity index (χ4n) is 1.78. The minimum Gasteiger partial charge on any atom is -0.352 e. The zero-order valence-corrected chi connectivity index (χ0v) is 13.2. The average Bonchev–Trinajstić information content (AvgIpc) is 2.37. The van der Waals surface area contributed by atoms with Crippen LogP contribution in [0, 0.1) is 0 Å². The van der Waals surface area contributed by atoms with Gasteiger partial charge in [0, 0.05) is 36.3 Å². The Morgan fingerprint density at radius 1 is 1.19 bits per heavy atom. The van der Waals surface area contributed by atoms with E-state index in [1.807, 2.05) is 6.92 Å². The lowest BCUT2D eigenvalue weighted by atomic mass is 10.1. The minimum atomic E-state index is -0.136. The average molecular weight is 291 g/mol. The van der Waals surface area contributed by atoms with Gasteiger partial charge in [-0.05, 0) is 45.9 Å². The van der Waals surface area contributed by atoms with E-state index in [0.29, 0.717) is 30.8 Å². The van der Waals surface area contributed by atoms with Crippen LogP contribution in [0.2, 0.25) is 0 Å². The van der Waals surface area contributed by atoms with Crippen molar-refractivity contribution in [3.63, 3.8) is 0 Å². The topological polar surface area (TPSA) is 70.2 Å². The van der Waals surface area contributed by atoms with Crippen LogP contribution in [0.5, 0.6) is 0 Å². The molecule has 0 bridgehead atoms. The van der Waals surface area contributed by atoms with Gasteiger partial charge >= 0.3 is 0 Å². The first-order valence-corrected chi connectivity index (χ1v) is 7.25. The van der Waals surface area contributed by atoms with Gasteiger partial charge in [0.1, 0.15) is 0 Å². The van der Waals surface area contributed by atoms with Gasteiger partial charge in [-0.2, -0.15) is 0 Å². The highest BCUT2D eigenvalue weighted by atomic mass is 16.2. The highest BCUT2D eigenvalue weighted by Gasteiger charge is 2.10. The first-order valence-electron chi connectivity index (χ1n) is 7.25. The largest absolute Gasteiger partial charge is 0.352 e. The van der Waals surface area contributed by atoms with Crippen molar-refractivity contribution in [1.29, 1.82) is 0 Å². The number of benzene rings is 1. The third-order valence-corrected chi connectivity index (χ3v) is 2.75. The van der Waals surface area contributed by atoms with E-state index in [9.17, 15) is 9.59 Å². The summed E-state index contributed by atoms with van der Waals surface area (Å²) in [4.78, 5) is 23.6. The second-order valence-corrected chi connectivity index (χ2v) is 5.92. The minimum absolute atomic E-state index is 0.00155. The molecule has 0 radical (unpaired) electrons. The van der Waals surface area contributed by atoms with Crippen LogP contribution >= 0.6 is 0 Å². The number of hydrogen-bond acceptors (Lipinski definition) is 3. The predicted molar refractivity (Wildman–Crippen MR) is 85.5 cm³/mol. The predicted octanol–water partition coefficient (Wildman–Crippen LogP) is 2.15. The summed E-state index contributed by atoms with van der Waals surface area (Å²) in [5.74, 6) is -0.206. The van der Waals surface area contributed by atoms with Crippen LogP contribution < -0.4 is 16.0 Å². The monoisotopic (exact) mass is 291 g/mol. The molecule has 0 spiro atoms. The second-order valence-electron chi connectivity index (χ2n) is 5.92. The van der Waals surface area contributed by atoms with Gasteiger partial charge in [0.25, 0.3) is 5.91 Å². The van der Waals surface area contributed by atoms with Crippen LogP contribution in [0.4, 0.5) is 5.69 Å². The molecule has 2 amide bonds. The van der Waals surface area contributed by atoms with E-state index >= 15 is 0 Å². The van der Waals surface area contributed by atoms with Gasteiger partial charge in [0.05, 0.1) is 0 Å². The van der Waals surface area contributed by atoms with E-state index in [-0.39, 0.29) is 17.4 Å². The summed E-state index contributed by atoms with van der Waals surface area (Å²) in [7, 11) is 0. The third-order valence-electron chi connectivity index (χ3n) is 2.75. The SMILES string of the molecule is CCNC(=O)c1cccc(NC(=O)CCNC(C)(C)C)c1. The molecule has 0 fully saturated rings. The molecule has 3 N–H and O–H groups in total. The molecule has 1 aromatic rings. The Bertz CT molecular complexity index is 493. The number of rotatable bonds is 6. The van der Waals surface area contributed by atoms with Crippen LogP contribution in [0.15, 0.2) is 24.3 Å². The molecule has 21 heavy (non-hydrogen) atoms. The smallest absolute Gasteiger partial charge is 0.251 e. The Labute approximate surface area is 126 Å². The van der Waals surface area contributed by atoms with Gasteiger partial charge in [-0.15, -0.1) is 0 Å². The maximum Gasteiger partial charge on any atom is 0.251 e. The lowest BCUT2D eigenvalue weighted by molar-refractivity contribution is -0.116. The van der Waals surface area contributed by atoms with E-state index in [1.54, 1.807) is 24.3 Å². The molecule has 0 unspecified atom stereocenters. The molecule has 0 saturated heterocycles. The highest BCUT2D eigenvalue weighted by Crippen LogP contribution is 2.11. The van der Waals surface area contributed by atoms with Crippen LogP contribution in [0.1, 0.15) is 44.5 Å². The maximum atomic E-state index is 11.9. The summed E-state index contributed by atoms with van der Waals surface area (Å²) >= 11 is 0. The van der Waals surface area contributed by atoms with Crippen LogP contribution in [0.3, 0.4) is 0 Å². The Hall–Kier alpha value is -1.88. The van der Waals surface area contributed by atoms with Crippen molar-refractivity contribution in [3.8, 4) is 0 Å². The Morgan fingerprint density at radius 2 is 1.90 bits per heavy atom. The van der Waals surface area contributed by atoms with Crippen molar-refractivity contribution in [2.75, 3.05) is 18.4 Å². The summed E-state index contributed by atoms with van der Waals surface area (Å²) in [6.07, 6.45) is 0.392. The molecule has 5 nitrogen and oxygen atoms in total. The van der Waals surface area contributed by atoms with E-state index in [1.165, 1.54) is 0 Å². The first kappa shape index (κ1) is 17.2. The lowest BCUT2D eigenvalue weighted by Crippen LogP contribution is -2.37. The molecule has 5 heteroatoms. The molecule has 116 valence electrons. The fourth-order valence-corrected chi connectivity index (χ4v) is 1.78. The molecule has 1 aromatic carbocycles. The quantitative estimate of drug-likeness (QED) is 0.752. The molecular formula is C16H25N3O2. The van der Waals surface area contributed by atoms with Crippen LogP contribution in [-0.4, -0.2) is 30.4 Å². The summed E-state index contributed by atoms with van der Waals surface area (Å²) in [6.45, 7) is 9.23. The van der Waals surface area contributed by atoms with Gasteiger partial charge in [-0.25, -0.2) is 0 Å². The summed E-state index contributed by atoms with van der Waals surface area (Å²) in [6, 6.07) is 6.94. The standard InChI is InChI=1S/C16H25N3O2/c1-5-17-15(21)12-7-6-8-13(11-12)19-14(20)9-10-18-16(2,3)4/h6-8,11,18H,5,9-10H2,1-4H3,(H,17,21)(H,19,20). The van der Waals surface area contributed by atoms with Crippen molar-refractivity contribution in [2.45, 2.75) is 39.7 Å². The van der Waals surface area contributed by atoms with Gasteiger partial charge in [0.15, 0.2) is 0 Å². The second kappa shape index (κ2) is 7.78. The summed E-state index contributed by atoms with van der Waals surface area (Å²) < 4.78 is 0. The molecule has 0 atom stereocenters. The molecular weight excluding hydrogens is 266 g/mol. The van der Waals surface area contributed by atoms with Gasteiger partial charge in [-0.3, -0.25) is 9.59 Å². The maximum absolute atomic E-state index is 11.9. The fraction of sp³-hybridized carbons (Fsp3) is 0.500. The van der Waals surface area contributed by atoms with Crippen LogP contribution in [0.25, 0.3) is 0 Å². The molecule has 0 heterocycles. The van der Waals surface area contributed by atoms with Crippen molar-refractivity contribution in [3.05, 3.63) is 29.8 Å². The van der Waals surface area contributed by atoms with E-state index in [2.05, 4.69) is 36.7 Å². The third kappa shape index (κ3) is 6.90. The lowest BCUT2D eigenvalue weighted by Gasteiger charge is -2.20. The molecule has 0 aromatic heterocycles. The van der Waals surface area contributed by atoms with Crippen molar-refractivity contribution >= 4 is 17.5 Å². The number of nitrogens with one attached hydrogen (secondary N) is 3. The Morgan fingerprint density at radius 3 is 2.52 bits per heavy atom. The van der Waals surface area contributed by atoms with Gasteiger partial charge < -0.3 is 16.0 Å². The molecule has 1 rings (SSSR count). The van der Waals surface area contributed by atoms with Crippen LogP contribution in [-0.2, 0) is 4.79 Å². The Kier molecular flexibility index (Phi) is 6.37. The molecule has 0 aliphatic rings. The van der Waals surface area contributed by atoms with Crippen molar-refractivity contribution < 1.29 is 9.59 Å². The molecule has 0 aliphatic carbocycles. The van der Waals surface area contributed by atoms with E-state index in [0.717, 1.165) is 0 Å². The number of carbonyl (C=O) groups excluding carboxylic acids is 2. The van der Waals surface area contributed by atoms with Gasteiger partial charge in [0.2, 0.25) is 5.91 Å². The van der Waals surface area contributed by atoms with E-state index < -0.39 is 0 Å². The van der Waals surface area contributed by atoms with Gasteiger partial charge in [-0.1, -0.05) is 6.07 Å². The number of anilines is 1. The zero-order chi connectivity index (χ0) is 15.9. The normalized spacial score (nSPS) is 11.0. The molecule has 0 saturated carbocycles.